The molecule has 0 amide bonds. The average molecular weight is 285 g/mol. The molecule has 0 fully saturated rings. The van der Waals surface area contributed by atoms with Crippen LogP contribution >= 0.6 is 0 Å². The number of rotatable bonds is 3. The lowest BCUT2D eigenvalue weighted by molar-refractivity contribution is -0.140. The summed E-state index contributed by atoms with van der Waals surface area (Å²) in [5.41, 5.74) is 2.03. The van der Waals surface area contributed by atoms with Crippen LogP contribution in [0.1, 0.15) is 22.7 Å². The Morgan fingerprint density at radius 3 is 2.40 bits per heavy atom. The second kappa shape index (κ2) is 5.56. The molecule has 20 heavy (non-hydrogen) atoms. The molecule has 3 N–H and O–H groups in total. The van der Waals surface area contributed by atoms with Crippen molar-refractivity contribution in [3.63, 3.8) is 0 Å². The van der Waals surface area contributed by atoms with Crippen LogP contribution in [-0.4, -0.2) is 4.98 Å². The van der Waals surface area contributed by atoms with E-state index in [0.29, 0.717) is 11.6 Å². The molecule has 1 aromatic carbocycles. The van der Waals surface area contributed by atoms with Crippen LogP contribution in [0.25, 0.3) is 0 Å². The summed E-state index contributed by atoms with van der Waals surface area (Å²) >= 11 is 0. The van der Waals surface area contributed by atoms with Gasteiger partial charge in [-0.15, -0.1) is 0 Å². The fraction of sp³-hybridized carbons (Fsp3) is 0.154. The van der Waals surface area contributed by atoms with E-state index >= 15 is 0 Å². The van der Waals surface area contributed by atoms with E-state index in [4.69, 9.17) is 5.84 Å². The lowest BCUT2D eigenvalue weighted by Gasteiger charge is -2.17. The number of nitrogens with two attached hydrogens (primary N) is 1. The van der Waals surface area contributed by atoms with E-state index in [0.717, 1.165) is 6.07 Å². The molecule has 106 valence electrons. The van der Waals surface area contributed by atoms with Crippen molar-refractivity contribution in [3.8, 4) is 0 Å². The Labute approximate surface area is 112 Å². The van der Waals surface area contributed by atoms with Gasteiger partial charge in [-0.3, -0.25) is 10.8 Å². The molecule has 0 saturated heterocycles. The summed E-state index contributed by atoms with van der Waals surface area (Å²) in [5, 5.41) is 0. The van der Waals surface area contributed by atoms with Crippen LogP contribution in [0.2, 0.25) is 0 Å². The Kier molecular flexibility index (Phi) is 4.01. The maximum absolute atomic E-state index is 13.6. The molecule has 1 heterocycles. The van der Waals surface area contributed by atoms with Crippen molar-refractivity contribution in [2.75, 3.05) is 0 Å². The zero-order valence-electron chi connectivity index (χ0n) is 10.2. The number of nitrogens with zero attached hydrogens (tertiary/aromatic N) is 1. The Balaban J connectivity index is 2.40. The van der Waals surface area contributed by atoms with Gasteiger partial charge in [0.15, 0.2) is 0 Å². The summed E-state index contributed by atoms with van der Waals surface area (Å²) in [6.07, 6.45) is -1.67. The maximum atomic E-state index is 13.6. The summed E-state index contributed by atoms with van der Waals surface area (Å²) in [7, 11) is 0. The minimum absolute atomic E-state index is 0.283. The minimum atomic E-state index is -4.72. The Bertz CT molecular complexity index is 584. The lowest BCUT2D eigenvalue weighted by Crippen LogP contribution is -2.29. The normalized spacial score (nSPS) is 13.2. The molecule has 1 unspecified atom stereocenters. The van der Waals surface area contributed by atoms with Crippen LogP contribution in [0, 0.1) is 5.82 Å². The standard InChI is InChI=1S/C13H11F4N3/c14-11-6-8(3-4-10(11)13(15,16)17)12(20-18)9-2-1-5-19-7-9/h1-7,12,20H,18H2. The fourth-order valence-electron chi connectivity index (χ4n) is 1.87. The summed E-state index contributed by atoms with van der Waals surface area (Å²) in [5.74, 6) is 4.05. The molecule has 3 nitrogen and oxygen atoms in total. The van der Waals surface area contributed by atoms with Crippen LogP contribution in [-0.2, 0) is 6.18 Å². The Morgan fingerprint density at radius 1 is 1.15 bits per heavy atom. The van der Waals surface area contributed by atoms with Crippen molar-refractivity contribution >= 4 is 0 Å². The number of hydrogen-bond acceptors (Lipinski definition) is 3. The molecule has 7 heteroatoms. The molecule has 0 aliphatic carbocycles. The third-order valence-corrected chi connectivity index (χ3v) is 2.82. The highest BCUT2D eigenvalue weighted by molar-refractivity contribution is 5.34. The van der Waals surface area contributed by atoms with Crippen LogP contribution in [0.5, 0.6) is 0 Å². The van der Waals surface area contributed by atoms with E-state index in [-0.39, 0.29) is 5.56 Å². The largest absolute Gasteiger partial charge is 0.419 e. The number of alkyl halides is 3. The van der Waals surface area contributed by atoms with E-state index in [1.54, 1.807) is 18.3 Å². The molecule has 0 radical (unpaired) electrons. The molecule has 0 bridgehead atoms. The molecule has 1 atom stereocenters. The molecule has 0 aliphatic heterocycles. The van der Waals surface area contributed by atoms with Crippen molar-refractivity contribution < 1.29 is 17.6 Å². The van der Waals surface area contributed by atoms with Crippen molar-refractivity contribution in [1.29, 1.82) is 0 Å². The predicted octanol–water partition coefficient (Wildman–Crippen LogP) is 2.79. The predicted molar refractivity (Wildman–Crippen MR) is 64.8 cm³/mol. The maximum Gasteiger partial charge on any atom is 0.419 e. The van der Waals surface area contributed by atoms with Gasteiger partial charge in [0.25, 0.3) is 0 Å². The summed E-state index contributed by atoms with van der Waals surface area (Å²) < 4.78 is 51.0. The lowest BCUT2D eigenvalue weighted by atomic mass is 9.99. The highest BCUT2D eigenvalue weighted by Gasteiger charge is 2.34. The zero-order valence-corrected chi connectivity index (χ0v) is 10.2. The third-order valence-electron chi connectivity index (χ3n) is 2.82. The van der Waals surface area contributed by atoms with Crippen LogP contribution in [0.15, 0.2) is 42.7 Å². The van der Waals surface area contributed by atoms with Gasteiger partial charge in [-0.05, 0) is 29.3 Å². The Morgan fingerprint density at radius 2 is 1.90 bits per heavy atom. The number of nitrogens with one attached hydrogen (secondary N) is 1. The zero-order chi connectivity index (χ0) is 14.8. The number of hydrogen-bond donors (Lipinski definition) is 2. The first-order valence-corrected chi connectivity index (χ1v) is 5.66. The molecular weight excluding hydrogens is 274 g/mol. The van der Waals surface area contributed by atoms with E-state index in [2.05, 4.69) is 10.4 Å². The van der Waals surface area contributed by atoms with Gasteiger partial charge in [0.2, 0.25) is 0 Å². The fourth-order valence-corrected chi connectivity index (χ4v) is 1.87. The Hall–Kier alpha value is -1.99. The molecular formula is C13H11F4N3. The van der Waals surface area contributed by atoms with Crippen molar-refractivity contribution in [1.82, 2.24) is 10.4 Å². The first-order valence-electron chi connectivity index (χ1n) is 5.66. The molecule has 2 aromatic rings. The van der Waals surface area contributed by atoms with Crippen LogP contribution in [0.3, 0.4) is 0 Å². The average Bonchev–Trinajstić information content (AvgIpc) is 2.39. The second-order valence-electron chi connectivity index (χ2n) is 4.12. The summed E-state index contributed by atoms with van der Waals surface area (Å²) in [4.78, 5) is 3.89. The first kappa shape index (κ1) is 14.4. The van der Waals surface area contributed by atoms with Gasteiger partial charge in [0, 0.05) is 12.4 Å². The van der Waals surface area contributed by atoms with Crippen molar-refractivity contribution in [3.05, 3.63) is 65.2 Å². The summed E-state index contributed by atoms with van der Waals surface area (Å²) in [6.45, 7) is 0. The number of halogens is 4. The quantitative estimate of drug-likeness (QED) is 0.518. The highest BCUT2D eigenvalue weighted by Crippen LogP contribution is 2.33. The first-order chi connectivity index (χ1) is 9.43. The van der Waals surface area contributed by atoms with Gasteiger partial charge >= 0.3 is 6.18 Å². The number of pyridine rings is 1. The topological polar surface area (TPSA) is 50.9 Å². The number of hydrazine groups is 1. The van der Waals surface area contributed by atoms with Crippen molar-refractivity contribution in [2.24, 2.45) is 5.84 Å². The van der Waals surface area contributed by atoms with Crippen molar-refractivity contribution in [2.45, 2.75) is 12.2 Å². The van der Waals surface area contributed by atoms with E-state index in [1.165, 1.54) is 12.3 Å². The molecule has 2 rings (SSSR count). The highest BCUT2D eigenvalue weighted by atomic mass is 19.4. The van der Waals surface area contributed by atoms with Crippen LogP contribution in [0.4, 0.5) is 17.6 Å². The minimum Gasteiger partial charge on any atom is -0.271 e. The van der Waals surface area contributed by atoms with Crippen LogP contribution < -0.4 is 11.3 Å². The van der Waals surface area contributed by atoms with E-state index < -0.39 is 23.6 Å². The van der Waals surface area contributed by atoms with E-state index in [9.17, 15) is 17.6 Å². The molecule has 0 aliphatic rings. The SMILES string of the molecule is NNC(c1cccnc1)c1ccc(C(F)(F)F)c(F)c1. The summed E-state index contributed by atoms with van der Waals surface area (Å²) in [6, 6.07) is 5.41. The van der Waals surface area contributed by atoms with Gasteiger partial charge in [-0.2, -0.15) is 13.2 Å². The molecule has 1 aromatic heterocycles. The monoisotopic (exact) mass is 285 g/mol. The number of aromatic nitrogens is 1. The molecule has 0 spiro atoms. The third kappa shape index (κ3) is 2.94. The van der Waals surface area contributed by atoms with Gasteiger partial charge < -0.3 is 0 Å². The second-order valence-corrected chi connectivity index (χ2v) is 4.12. The van der Waals surface area contributed by atoms with Gasteiger partial charge in [-0.1, -0.05) is 12.1 Å². The molecule has 0 saturated carbocycles. The van der Waals surface area contributed by atoms with Gasteiger partial charge in [0.05, 0.1) is 11.6 Å². The van der Waals surface area contributed by atoms with E-state index in [1.807, 2.05) is 0 Å². The van der Waals surface area contributed by atoms with Gasteiger partial charge in [-0.25, -0.2) is 9.82 Å². The smallest absolute Gasteiger partial charge is 0.271 e. The number of benzene rings is 1. The van der Waals surface area contributed by atoms with Gasteiger partial charge in [0.1, 0.15) is 5.82 Å².